The van der Waals surface area contributed by atoms with E-state index in [1.165, 1.54) is 0 Å². The number of fused-ring (bicyclic) bond motifs is 1. The summed E-state index contributed by atoms with van der Waals surface area (Å²) >= 11 is 11.9. The predicted octanol–water partition coefficient (Wildman–Crippen LogP) is 6.08. The maximum Gasteiger partial charge on any atom is 0.226 e. The quantitative estimate of drug-likeness (QED) is 0.239. The Balaban J connectivity index is 1.29. The molecule has 0 radical (unpaired) electrons. The number of rotatable bonds is 7. The molecule has 1 fully saturated rings. The zero-order chi connectivity index (χ0) is 26.8. The molecule has 194 valence electrons. The second-order valence-corrected chi connectivity index (χ2v) is 10.1. The summed E-state index contributed by atoms with van der Waals surface area (Å²) in [4.78, 5) is 24.3. The van der Waals surface area contributed by atoms with E-state index in [1.807, 2.05) is 89.6 Å². The first-order valence-electron chi connectivity index (χ1n) is 12.6. The average Bonchev–Trinajstić information content (AvgIpc) is 3.57. The molecule has 39 heavy (non-hydrogen) atoms. The van der Waals surface area contributed by atoms with Crippen LogP contribution in [0.3, 0.4) is 0 Å². The third-order valence-electron chi connectivity index (χ3n) is 6.88. The van der Waals surface area contributed by atoms with Crippen molar-refractivity contribution in [3.8, 4) is 5.82 Å². The van der Waals surface area contributed by atoms with Crippen LogP contribution >= 0.6 is 23.8 Å². The van der Waals surface area contributed by atoms with Crippen molar-refractivity contribution in [3.05, 3.63) is 120 Å². The Kier molecular flexibility index (Phi) is 6.96. The first-order valence-corrected chi connectivity index (χ1v) is 13.4. The van der Waals surface area contributed by atoms with Crippen LogP contribution < -0.4 is 10.6 Å². The molecule has 7 nitrogen and oxygen atoms in total. The highest BCUT2D eigenvalue weighted by Crippen LogP contribution is 2.39. The van der Waals surface area contributed by atoms with Gasteiger partial charge in [-0.05, 0) is 60.1 Å². The van der Waals surface area contributed by atoms with Crippen molar-refractivity contribution in [2.45, 2.75) is 18.5 Å². The number of nitrogens with one attached hydrogen (secondary N) is 2. The minimum absolute atomic E-state index is 0.0797. The van der Waals surface area contributed by atoms with Gasteiger partial charge in [-0.2, -0.15) is 0 Å². The zero-order valence-electron chi connectivity index (χ0n) is 20.9. The molecule has 0 bridgehead atoms. The molecule has 5 aromatic rings. The van der Waals surface area contributed by atoms with E-state index in [9.17, 15) is 4.79 Å². The molecule has 1 saturated heterocycles. The Morgan fingerprint density at radius 1 is 0.974 bits per heavy atom. The standard InChI is InChI=1S/C30H25ClN6OS/c31-21-13-14-26(33-19-21)36-17-6-12-25(36)29-28(24-10-3-4-16-32-24)35-30(39)37(29)18-15-27(38)34-23-11-5-8-20-7-1-2-9-22(20)23/h1-14,16-17,19,28-29H,15,18H2,(H,34,38)(H,35,39)/t28-,29-/m0/s1. The fourth-order valence-corrected chi connectivity index (χ4v) is 5.53. The number of hydrogen-bond acceptors (Lipinski definition) is 4. The fraction of sp³-hybridized carbons (Fsp3) is 0.133. The van der Waals surface area contributed by atoms with Crippen LogP contribution in [0.5, 0.6) is 0 Å². The highest BCUT2D eigenvalue weighted by atomic mass is 35.5. The van der Waals surface area contributed by atoms with Gasteiger partial charge in [0.05, 0.1) is 22.8 Å². The maximum atomic E-state index is 13.1. The Morgan fingerprint density at radius 3 is 2.64 bits per heavy atom. The molecule has 0 aliphatic carbocycles. The molecule has 9 heteroatoms. The van der Waals surface area contributed by atoms with Crippen LogP contribution in [-0.4, -0.2) is 37.0 Å². The molecule has 2 atom stereocenters. The van der Waals surface area contributed by atoms with Gasteiger partial charge in [0.2, 0.25) is 5.91 Å². The van der Waals surface area contributed by atoms with E-state index in [0.717, 1.165) is 33.7 Å². The lowest BCUT2D eigenvalue weighted by molar-refractivity contribution is -0.116. The molecular weight excluding hydrogens is 528 g/mol. The lowest BCUT2D eigenvalue weighted by Crippen LogP contribution is -2.33. The second-order valence-electron chi connectivity index (χ2n) is 9.28. The van der Waals surface area contributed by atoms with Gasteiger partial charge in [0.1, 0.15) is 5.82 Å². The Bertz CT molecular complexity index is 1630. The van der Waals surface area contributed by atoms with Gasteiger partial charge >= 0.3 is 0 Å². The number of nitrogens with zero attached hydrogens (tertiary/aromatic N) is 4. The van der Waals surface area contributed by atoms with Crippen molar-refractivity contribution in [2.24, 2.45) is 0 Å². The van der Waals surface area contributed by atoms with Crippen LogP contribution in [0.25, 0.3) is 16.6 Å². The summed E-state index contributed by atoms with van der Waals surface area (Å²) in [5, 5.41) is 9.77. The maximum absolute atomic E-state index is 13.1. The van der Waals surface area contributed by atoms with Gasteiger partial charge in [-0.25, -0.2) is 4.98 Å². The van der Waals surface area contributed by atoms with E-state index in [-0.39, 0.29) is 24.4 Å². The summed E-state index contributed by atoms with van der Waals surface area (Å²) in [5.74, 6) is 0.662. The smallest absolute Gasteiger partial charge is 0.226 e. The molecule has 2 N–H and O–H groups in total. The van der Waals surface area contributed by atoms with Gasteiger partial charge in [0.15, 0.2) is 5.11 Å². The monoisotopic (exact) mass is 552 g/mol. The topological polar surface area (TPSA) is 75.1 Å². The predicted molar refractivity (Wildman–Crippen MR) is 158 cm³/mol. The van der Waals surface area contributed by atoms with Crippen LogP contribution in [0.1, 0.15) is 29.9 Å². The van der Waals surface area contributed by atoms with Crippen LogP contribution in [0.2, 0.25) is 5.02 Å². The van der Waals surface area contributed by atoms with Gasteiger partial charge in [-0.3, -0.25) is 9.78 Å². The average molecular weight is 553 g/mol. The number of carbonyl (C=O) groups is 1. The number of hydrogen-bond donors (Lipinski definition) is 2. The van der Waals surface area contributed by atoms with Gasteiger partial charge in [0.25, 0.3) is 0 Å². The van der Waals surface area contributed by atoms with Crippen molar-refractivity contribution in [3.63, 3.8) is 0 Å². The summed E-state index contributed by atoms with van der Waals surface area (Å²) in [7, 11) is 0. The van der Waals surface area contributed by atoms with Crippen molar-refractivity contribution in [2.75, 3.05) is 11.9 Å². The molecule has 0 unspecified atom stereocenters. The number of halogens is 1. The SMILES string of the molecule is O=C(CCN1C(=S)N[C@@H](c2ccccn2)[C@@H]1c1cccn1-c1ccc(Cl)cn1)Nc1cccc2ccccc12. The van der Waals surface area contributed by atoms with Crippen molar-refractivity contribution < 1.29 is 4.79 Å². The van der Waals surface area contributed by atoms with E-state index >= 15 is 0 Å². The molecule has 1 aliphatic heterocycles. The molecule has 4 heterocycles. The molecule has 6 rings (SSSR count). The summed E-state index contributed by atoms with van der Waals surface area (Å²) < 4.78 is 2.02. The van der Waals surface area contributed by atoms with Crippen LogP contribution in [0.4, 0.5) is 5.69 Å². The minimum atomic E-state index is -0.217. The van der Waals surface area contributed by atoms with Gasteiger partial charge in [-0.15, -0.1) is 0 Å². The van der Waals surface area contributed by atoms with E-state index in [4.69, 9.17) is 23.8 Å². The number of amides is 1. The number of anilines is 1. The van der Waals surface area contributed by atoms with Crippen LogP contribution in [-0.2, 0) is 4.79 Å². The van der Waals surface area contributed by atoms with Crippen molar-refractivity contribution >= 4 is 51.3 Å². The highest BCUT2D eigenvalue weighted by molar-refractivity contribution is 7.80. The number of carbonyl (C=O) groups excluding carboxylic acids is 1. The highest BCUT2D eigenvalue weighted by Gasteiger charge is 2.41. The molecular formula is C30H25ClN6OS. The first-order chi connectivity index (χ1) is 19.1. The molecule has 0 spiro atoms. The molecule has 3 aromatic heterocycles. The van der Waals surface area contributed by atoms with Gasteiger partial charge < -0.3 is 20.1 Å². The van der Waals surface area contributed by atoms with Crippen LogP contribution in [0.15, 0.2) is 104 Å². The van der Waals surface area contributed by atoms with E-state index in [2.05, 4.69) is 31.6 Å². The minimum Gasteiger partial charge on any atom is -0.352 e. The summed E-state index contributed by atoms with van der Waals surface area (Å²) in [6, 6.07) is 27.1. The number of thiocarbonyl (C=S) groups is 1. The fourth-order valence-electron chi connectivity index (χ4n) is 5.09. The molecule has 1 aliphatic rings. The zero-order valence-corrected chi connectivity index (χ0v) is 22.4. The molecule has 2 aromatic carbocycles. The molecule has 1 amide bonds. The summed E-state index contributed by atoms with van der Waals surface area (Å²) in [6.07, 6.45) is 5.63. The van der Waals surface area contributed by atoms with Crippen LogP contribution in [0, 0.1) is 0 Å². The summed E-state index contributed by atoms with van der Waals surface area (Å²) in [5.41, 5.74) is 2.64. The largest absolute Gasteiger partial charge is 0.352 e. The van der Waals surface area contributed by atoms with Gasteiger partial charge in [0, 0.05) is 48.3 Å². The first kappa shape index (κ1) is 25.0. The second kappa shape index (κ2) is 10.8. The lowest BCUT2D eigenvalue weighted by Gasteiger charge is -2.28. The number of pyridine rings is 2. The number of aromatic nitrogens is 3. The van der Waals surface area contributed by atoms with E-state index < -0.39 is 0 Å². The Labute approximate surface area is 236 Å². The molecule has 0 saturated carbocycles. The Hall–Kier alpha value is -4.27. The summed E-state index contributed by atoms with van der Waals surface area (Å²) in [6.45, 7) is 0.426. The third-order valence-corrected chi connectivity index (χ3v) is 7.46. The van der Waals surface area contributed by atoms with Gasteiger partial charge in [-0.1, -0.05) is 54.1 Å². The van der Waals surface area contributed by atoms with Crippen molar-refractivity contribution in [1.82, 2.24) is 24.8 Å². The number of benzene rings is 2. The van der Waals surface area contributed by atoms with Crippen molar-refractivity contribution in [1.29, 1.82) is 0 Å². The third kappa shape index (κ3) is 5.08. The van der Waals surface area contributed by atoms with E-state index in [1.54, 1.807) is 12.4 Å². The normalized spacial score (nSPS) is 16.8. The Morgan fingerprint density at radius 2 is 1.82 bits per heavy atom. The van der Waals surface area contributed by atoms with E-state index in [0.29, 0.717) is 16.7 Å². The lowest BCUT2D eigenvalue weighted by atomic mass is 10.0.